The minimum absolute atomic E-state index is 0.146. The van der Waals surface area contributed by atoms with Gasteiger partial charge in [0.15, 0.2) is 0 Å². The van der Waals surface area contributed by atoms with Crippen LogP contribution in [0.5, 0.6) is 0 Å². The molecule has 98 valence electrons. The first kappa shape index (κ1) is 12.9. The molecular weight excluding hydrogens is 214 g/mol. The second-order valence-corrected chi connectivity index (χ2v) is 6.76. The maximum Gasteiger partial charge on any atom is 0.223 e. The predicted octanol–water partition coefficient (Wildman–Crippen LogP) is 2.23. The standard InChI is InChI=1S/C14H25NO2/c1-13(2)7-4-8-14(17,9-13)10-15-12(16)11-5-3-6-11/h11,17H,3-10H2,1-2H3,(H,15,16). The van der Waals surface area contributed by atoms with Crippen LogP contribution in [-0.4, -0.2) is 23.2 Å². The van der Waals surface area contributed by atoms with E-state index < -0.39 is 5.60 Å². The van der Waals surface area contributed by atoms with Crippen LogP contribution in [0.4, 0.5) is 0 Å². The first-order valence-electron chi connectivity index (χ1n) is 6.90. The van der Waals surface area contributed by atoms with Gasteiger partial charge < -0.3 is 10.4 Å². The number of carbonyl (C=O) groups is 1. The highest BCUT2D eigenvalue weighted by Gasteiger charge is 2.39. The Bertz CT molecular complexity index is 297. The highest BCUT2D eigenvalue weighted by Crippen LogP contribution is 2.40. The van der Waals surface area contributed by atoms with Crippen LogP contribution in [0.3, 0.4) is 0 Å². The molecule has 0 bridgehead atoms. The molecule has 1 unspecified atom stereocenters. The molecule has 2 N–H and O–H groups in total. The number of hydrogen-bond acceptors (Lipinski definition) is 2. The van der Waals surface area contributed by atoms with Crippen molar-refractivity contribution in [1.29, 1.82) is 0 Å². The Kier molecular flexibility index (Phi) is 3.48. The molecule has 0 radical (unpaired) electrons. The van der Waals surface area contributed by atoms with Gasteiger partial charge in [-0.1, -0.05) is 20.3 Å². The van der Waals surface area contributed by atoms with E-state index in [0.29, 0.717) is 6.54 Å². The van der Waals surface area contributed by atoms with Gasteiger partial charge in [0.25, 0.3) is 0 Å². The average Bonchev–Trinajstić information content (AvgIpc) is 2.10. The lowest BCUT2D eigenvalue weighted by Gasteiger charge is -2.42. The Morgan fingerprint density at radius 2 is 2.00 bits per heavy atom. The fourth-order valence-corrected chi connectivity index (χ4v) is 3.18. The SMILES string of the molecule is CC1(C)CCCC(O)(CNC(=O)C2CCC2)C1. The number of amides is 1. The Morgan fingerprint density at radius 1 is 1.29 bits per heavy atom. The molecule has 2 aliphatic carbocycles. The van der Waals surface area contributed by atoms with Crippen LogP contribution in [0.15, 0.2) is 0 Å². The third-order valence-electron chi connectivity index (χ3n) is 4.37. The van der Waals surface area contributed by atoms with Gasteiger partial charge in [-0.2, -0.15) is 0 Å². The van der Waals surface area contributed by atoms with Crippen LogP contribution in [0.25, 0.3) is 0 Å². The van der Waals surface area contributed by atoms with Gasteiger partial charge in [0.1, 0.15) is 0 Å². The summed E-state index contributed by atoms with van der Waals surface area (Å²) < 4.78 is 0. The summed E-state index contributed by atoms with van der Waals surface area (Å²) in [7, 11) is 0. The summed E-state index contributed by atoms with van der Waals surface area (Å²) in [6.07, 6.45) is 7.07. The molecule has 2 saturated carbocycles. The number of hydrogen-bond donors (Lipinski definition) is 2. The molecule has 0 spiro atoms. The molecule has 3 heteroatoms. The number of rotatable bonds is 3. The van der Waals surface area contributed by atoms with E-state index in [1.165, 1.54) is 12.8 Å². The number of nitrogens with one attached hydrogen (secondary N) is 1. The smallest absolute Gasteiger partial charge is 0.223 e. The second kappa shape index (κ2) is 4.60. The Morgan fingerprint density at radius 3 is 2.53 bits per heavy atom. The normalized spacial score (nSPS) is 32.9. The molecule has 2 rings (SSSR count). The van der Waals surface area contributed by atoms with Crippen molar-refractivity contribution in [3.05, 3.63) is 0 Å². The van der Waals surface area contributed by atoms with Gasteiger partial charge in [0.05, 0.1) is 5.60 Å². The molecule has 0 aromatic heterocycles. The van der Waals surface area contributed by atoms with Crippen molar-refractivity contribution in [2.45, 2.75) is 64.4 Å². The van der Waals surface area contributed by atoms with Crippen LogP contribution in [0, 0.1) is 11.3 Å². The van der Waals surface area contributed by atoms with Crippen LogP contribution in [0.2, 0.25) is 0 Å². The minimum atomic E-state index is -0.679. The van der Waals surface area contributed by atoms with E-state index in [9.17, 15) is 9.90 Å². The van der Waals surface area contributed by atoms with Gasteiger partial charge in [0.2, 0.25) is 5.91 Å². The summed E-state index contributed by atoms with van der Waals surface area (Å²) in [6.45, 7) is 4.83. The summed E-state index contributed by atoms with van der Waals surface area (Å²) in [5, 5.41) is 13.5. The van der Waals surface area contributed by atoms with Crippen molar-refractivity contribution in [3.8, 4) is 0 Å². The summed E-state index contributed by atoms with van der Waals surface area (Å²) >= 11 is 0. The lowest BCUT2D eigenvalue weighted by atomic mass is 9.70. The molecule has 0 heterocycles. The van der Waals surface area contributed by atoms with Gasteiger partial charge in [-0.15, -0.1) is 0 Å². The van der Waals surface area contributed by atoms with Crippen LogP contribution >= 0.6 is 0 Å². The summed E-state index contributed by atoms with van der Waals surface area (Å²) in [4.78, 5) is 11.7. The largest absolute Gasteiger partial charge is 0.388 e. The zero-order valence-electron chi connectivity index (χ0n) is 11.1. The van der Waals surface area contributed by atoms with Crippen LogP contribution < -0.4 is 5.32 Å². The van der Waals surface area contributed by atoms with Gasteiger partial charge in [-0.3, -0.25) is 4.79 Å². The molecular formula is C14H25NO2. The molecule has 3 nitrogen and oxygen atoms in total. The van der Waals surface area contributed by atoms with E-state index in [4.69, 9.17) is 0 Å². The van der Waals surface area contributed by atoms with E-state index in [-0.39, 0.29) is 17.2 Å². The average molecular weight is 239 g/mol. The van der Waals surface area contributed by atoms with Gasteiger partial charge >= 0.3 is 0 Å². The van der Waals surface area contributed by atoms with Crippen molar-refractivity contribution in [2.75, 3.05) is 6.54 Å². The summed E-state index contributed by atoms with van der Waals surface area (Å²) in [5.74, 6) is 0.364. The highest BCUT2D eigenvalue weighted by atomic mass is 16.3. The third kappa shape index (κ3) is 3.21. The van der Waals surface area contributed by atoms with Crippen LogP contribution in [0.1, 0.15) is 58.8 Å². The van der Waals surface area contributed by atoms with Crippen molar-refractivity contribution in [3.63, 3.8) is 0 Å². The summed E-state index contributed by atoms with van der Waals surface area (Å²) in [6, 6.07) is 0. The maximum absolute atomic E-state index is 11.7. The Hall–Kier alpha value is -0.570. The predicted molar refractivity (Wildman–Crippen MR) is 67.5 cm³/mol. The molecule has 1 amide bonds. The molecule has 2 fully saturated rings. The van der Waals surface area contributed by atoms with Crippen molar-refractivity contribution >= 4 is 5.91 Å². The first-order chi connectivity index (χ1) is 7.90. The fourth-order valence-electron chi connectivity index (χ4n) is 3.18. The first-order valence-corrected chi connectivity index (χ1v) is 6.90. The lowest BCUT2D eigenvalue weighted by molar-refractivity contribution is -0.129. The third-order valence-corrected chi connectivity index (χ3v) is 4.37. The van der Waals surface area contributed by atoms with Crippen molar-refractivity contribution in [2.24, 2.45) is 11.3 Å². The van der Waals surface area contributed by atoms with E-state index in [1.54, 1.807) is 0 Å². The van der Waals surface area contributed by atoms with E-state index in [0.717, 1.165) is 32.1 Å². The van der Waals surface area contributed by atoms with Gasteiger partial charge in [-0.05, 0) is 43.9 Å². The quantitative estimate of drug-likeness (QED) is 0.793. The van der Waals surface area contributed by atoms with Gasteiger partial charge in [0, 0.05) is 12.5 Å². The Balaban J connectivity index is 1.82. The van der Waals surface area contributed by atoms with E-state index >= 15 is 0 Å². The summed E-state index contributed by atoms with van der Waals surface area (Å²) in [5.41, 5.74) is -0.477. The van der Waals surface area contributed by atoms with Gasteiger partial charge in [-0.25, -0.2) is 0 Å². The molecule has 1 atom stereocenters. The monoisotopic (exact) mass is 239 g/mol. The zero-order valence-corrected chi connectivity index (χ0v) is 11.1. The fraction of sp³-hybridized carbons (Fsp3) is 0.929. The molecule has 0 aromatic carbocycles. The highest BCUT2D eigenvalue weighted by molar-refractivity contribution is 5.79. The van der Waals surface area contributed by atoms with Crippen LogP contribution in [-0.2, 0) is 4.79 Å². The Labute approximate surface area is 104 Å². The van der Waals surface area contributed by atoms with E-state index in [1.807, 2.05) is 0 Å². The molecule has 0 aromatic rings. The maximum atomic E-state index is 11.7. The topological polar surface area (TPSA) is 49.3 Å². The lowest BCUT2D eigenvalue weighted by Crippen LogP contribution is -2.49. The molecule has 17 heavy (non-hydrogen) atoms. The number of carbonyl (C=O) groups excluding carboxylic acids is 1. The minimum Gasteiger partial charge on any atom is -0.388 e. The van der Waals surface area contributed by atoms with Crippen molar-refractivity contribution in [1.82, 2.24) is 5.32 Å². The number of aliphatic hydroxyl groups is 1. The van der Waals surface area contributed by atoms with E-state index in [2.05, 4.69) is 19.2 Å². The zero-order chi connectivity index (χ0) is 12.5. The second-order valence-electron chi connectivity index (χ2n) is 6.76. The van der Waals surface area contributed by atoms with Crippen molar-refractivity contribution < 1.29 is 9.90 Å². The molecule has 0 aliphatic heterocycles. The molecule has 0 saturated heterocycles. The molecule has 2 aliphatic rings.